The average Bonchev–Trinajstić information content (AvgIpc) is 2.12. The Morgan fingerprint density at radius 1 is 1.54 bits per heavy atom. The number of rotatable bonds is 3. The molecule has 1 fully saturated rings. The Morgan fingerprint density at radius 2 is 2.38 bits per heavy atom. The third-order valence-electron chi connectivity index (χ3n) is 2.30. The van der Waals surface area contributed by atoms with Gasteiger partial charge in [0, 0.05) is 12.3 Å². The standard InChI is InChI=1S/C10H13NO2/c12-7-8-6-10(4-5-11-8)13-9-2-1-3-9/h4-6,9,12H,1-3,7H2. The molecule has 1 aliphatic carbocycles. The van der Waals surface area contributed by atoms with Crippen molar-refractivity contribution in [2.75, 3.05) is 0 Å². The minimum Gasteiger partial charge on any atom is -0.490 e. The topological polar surface area (TPSA) is 42.4 Å². The first-order valence-electron chi connectivity index (χ1n) is 4.61. The maximum Gasteiger partial charge on any atom is 0.123 e. The summed E-state index contributed by atoms with van der Waals surface area (Å²) in [6.45, 7) is -0.0259. The monoisotopic (exact) mass is 179 g/mol. The predicted molar refractivity (Wildman–Crippen MR) is 48.4 cm³/mol. The molecule has 1 aliphatic rings. The molecule has 2 rings (SSSR count). The van der Waals surface area contributed by atoms with Crippen LogP contribution in [0.1, 0.15) is 25.0 Å². The molecule has 0 saturated heterocycles. The van der Waals surface area contributed by atoms with Gasteiger partial charge in [-0.1, -0.05) is 0 Å². The van der Waals surface area contributed by atoms with Crippen LogP contribution in [0.5, 0.6) is 5.75 Å². The van der Waals surface area contributed by atoms with E-state index in [2.05, 4.69) is 4.98 Å². The van der Waals surface area contributed by atoms with Crippen LogP contribution in [0, 0.1) is 0 Å². The van der Waals surface area contributed by atoms with Crippen LogP contribution >= 0.6 is 0 Å². The molecule has 13 heavy (non-hydrogen) atoms. The number of hydrogen-bond donors (Lipinski definition) is 1. The molecule has 0 atom stereocenters. The molecule has 1 aromatic rings. The molecule has 3 heteroatoms. The first-order valence-corrected chi connectivity index (χ1v) is 4.61. The fourth-order valence-electron chi connectivity index (χ4n) is 1.30. The van der Waals surface area contributed by atoms with Gasteiger partial charge < -0.3 is 9.84 Å². The number of pyridine rings is 1. The number of hydrogen-bond acceptors (Lipinski definition) is 3. The zero-order chi connectivity index (χ0) is 9.10. The van der Waals surface area contributed by atoms with Gasteiger partial charge >= 0.3 is 0 Å². The van der Waals surface area contributed by atoms with Crippen molar-refractivity contribution in [3.63, 3.8) is 0 Å². The van der Waals surface area contributed by atoms with Crippen LogP contribution in [-0.2, 0) is 6.61 Å². The summed E-state index contributed by atoms with van der Waals surface area (Å²) in [5.41, 5.74) is 0.664. The Kier molecular flexibility index (Phi) is 2.45. The second-order valence-corrected chi connectivity index (χ2v) is 3.31. The van der Waals surface area contributed by atoms with Gasteiger partial charge in [0.15, 0.2) is 0 Å². The van der Waals surface area contributed by atoms with Gasteiger partial charge in [0.25, 0.3) is 0 Å². The van der Waals surface area contributed by atoms with Crippen molar-refractivity contribution in [3.8, 4) is 5.75 Å². The Labute approximate surface area is 77.4 Å². The van der Waals surface area contributed by atoms with E-state index in [1.54, 1.807) is 12.3 Å². The van der Waals surface area contributed by atoms with Gasteiger partial charge in [0.05, 0.1) is 18.4 Å². The highest BCUT2D eigenvalue weighted by Crippen LogP contribution is 2.24. The van der Waals surface area contributed by atoms with E-state index in [0.717, 1.165) is 18.6 Å². The van der Waals surface area contributed by atoms with E-state index in [0.29, 0.717) is 11.8 Å². The smallest absolute Gasteiger partial charge is 0.123 e. The molecule has 1 aromatic heterocycles. The first-order chi connectivity index (χ1) is 6.38. The quantitative estimate of drug-likeness (QED) is 0.764. The van der Waals surface area contributed by atoms with Crippen molar-refractivity contribution in [2.45, 2.75) is 32.0 Å². The van der Waals surface area contributed by atoms with Gasteiger partial charge in [0.2, 0.25) is 0 Å². The van der Waals surface area contributed by atoms with E-state index < -0.39 is 0 Å². The molecule has 0 aromatic carbocycles. The third kappa shape index (κ3) is 1.98. The van der Waals surface area contributed by atoms with Crippen LogP contribution in [0.15, 0.2) is 18.3 Å². The van der Waals surface area contributed by atoms with Crippen LogP contribution in [-0.4, -0.2) is 16.2 Å². The normalized spacial score (nSPS) is 16.7. The van der Waals surface area contributed by atoms with E-state index in [1.165, 1.54) is 6.42 Å². The second-order valence-electron chi connectivity index (χ2n) is 3.31. The summed E-state index contributed by atoms with van der Waals surface area (Å²) in [5.74, 6) is 0.823. The number of aliphatic hydroxyl groups is 1. The van der Waals surface area contributed by atoms with Crippen LogP contribution < -0.4 is 4.74 Å². The predicted octanol–water partition coefficient (Wildman–Crippen LogP) is 1.51. The largest absolute Gasteiger partial charge is 0.490 e. The van der Waals surface area contributed by atoms with Crippen LogP contribution in [0.2, 0.25) is 0 Å². The molecule has 1 N–H and O–H groups in total. The SMILES string of the molecule is OCc1cc(OC2CCC2)ccn1. The highest BCUT2D eigenvalue weighted by atomic mass is 16.5. The number of aromatic nitrogens is 1. The summed E-state index contributed by atoms with van der Waals surface area (Å²) in [7, 11) is 0. The number of aliphatic hydroxyl groups excluding tert-OH is 1. The van der Waals surface area contributed by atoms with Gasteiger partial charge in [-0.3, -0.25) is 4.98 Å². The second kappa shape index (κ2) is 3.75. The summed E-state index contributed by atoms with van der Waals surface area (Å²) in [6.07, 6.45) is 5.62. The van der Waals surface area contributed by atoms with Crippen molar-refractivity contribution in [1.82, 2.24) is 4.98 Å². The number of nitrogens with zero attached hydrogens (tertiary/aromatic N) is 1. The van der Waals surface area contributed by atoms with Gasteiger partial charge in [-0.2, -0.15) is 0 Å². The molecular weight excluding hydrogens is 166 g/mol. The maximum absolute atomic E-state index is 8.85. The van der Waals surface area contributed by atoms with E-state index in [-0.39, 0.29) is 6.61 Å². The lowest BCUT2D eigenvalue weighted by Crippen LogP contribution is -2.24. The van der Waals surface area contributed by atoms with Gasteiger partial charge in [-0.05, 0) is 25.3 Å². The highest BCUT2D eigenvalue weighted by Gasteiger charge is 2.18. The maximum atomic E-state index is 8.85. The molecular formula is C10H13NO2. The average molecular weight is 179 g/mol. The van der Waals surface area contributed by atoms with Crippen LogP contribution in [0.4, 0.5) is 0 Å². The molecule has 0 bridgehead atoms. The van der Waals surface area contributed by atoms with E-state index >= 15 is 0 Å². The lowest BCUT2D eigenvalue weighted by atomic mass is 9.96. The summed E-state index contributed by atoms with van der Waals surface area (Å²) in [5, 5.41) is 8.85. The Hall–Kier alpha value is -1.09. The Morgan fingerprint density at radius 3 is 3.00 bits per heavy atom. The van der Waals surface area contributed by atoms with Crippen molar-refractivity contribution < 1.29 is 9.84 Å². The molecule has 1 heterocycles. The summed E-state index contributed by atoms with van der Waals surface area (Å²) in [6, 6.07) is 3.62. The van der Waals surface area contributed by atoms with Crippen LogP contribution in [0.3, 0.4) is 0 Å². The van der Waals surface area contributed by atoms with E-state index in [1.807, 2.05) is 6.07 Å². The summed E-state index contributed by atoms with van der Waals surface area (Å²) in [4.78, 5) is 3.98. The minimum absolute atomic E-state index is 0.0259. The zero-order valence-electron chi connectivity index (χ0n) is 7.44. The summed E-state index contributed by atoms with van der Waals surface area (Å²) < 4.78 is 5.64. The molecule has 0 amide bonds. The van der Waals surface area contributed by atoms with Crippen molar-refractivity contribution >= 4 is 0 Å². The molecule has 0 unspecified atom stereocenters. The van der Waals surface area contributed by atoms with Gasteiger partial charge in [-0.15, -0.1) is 0 Å². The van der Waals surface area contributed by atoms with E-state index in [9.17, 15) is 0 Å². The molecule has 70 valence electrons. The molecule has 0 spiro atoms. The fourth-order valence-corrected chi connectivity index (χ4v) is 1.30. The molecule has 0 aliphatic heterocycles. The fraction of sp³-hybridized carbons (Fsp3) is 0.500. The number of ether oxygens (including phenoxy) is 1. The zero-order valence-corrected chi connectivity index (χ0v) is 7.44. The van der Waals surface area contributed by atoms with E-state index in [4.69, 9.17) is 9.84 Å². The van der Waals surface area contributed by atoms with Crippen molar-refractivity contribution in [3.05, 3.63) is 24.0 Å². The van der Waals surface area contributed by atoms with Gasteiger partial charge in [0.1, 0.15) is 5.75 Å². The van der Waals surface area contributed by atoms with Gasteiger partial charge in [-0.25, -0.2) is 0 Å². The third-order valence-corrected chi connectivity index (χ3v) is 2.30. The van der Waals surface area contributed by atoms with Crippen LogP contribution in [0.25, 0.3) is 0 Å². The lowest BCUT2D eigenvalue weighted by molar-refractivity contribution is 0.120. The molecule has 1 saturated carbocycles. The minimum atomic E-state index is -0.0259. The van der Waals surface area contributed by atoms with Crippen molar-refractivity contribution in [2.24, 2.45) is 0 Å². The molecule has 0 radical (unpaired) electrons. The van der Waals surface area contributed by atoms with Crippen molar-refractivity contribution in [1.29, 1.82) is 0 Å². The first kappa shape index (κ1) is 8.51. The Bertz CT molecular complexity index is 284. The highest BCUT2D eigenvalue weighted by molar-refractivity contribution is 5.22. The molecule has 3 nitrogen and oxygen atoms in total. The lowest BCUT2D eigenvalue weighted by Gasteiger charge is -2.26. The Balaban J connectivity index is 2.01. The summed E-state index contributed by atoms with van der Waals surface area (Å²) >= 11 is 0.